The molecule has 0 N–H and O–H groups in total. The van der Waals surface area contributed by atoms with Gasteiger partial charge in [0.25, 0.3) is 0 Å². The number of aryl methyl sites for hydroxylation is 3. The average Bonchev–Trinajstić information content (AvgIpc) is 3.26. The first-order valence-electron chi connectivity index (χ1n) is 9.33. The number of hydrogen-bond donors (Lipinski definition) is 0. The second-order valence-electron chi connectivity index (χ2n) is 7.32. The van der Waals surface area contributed by atoms with Crippen molar-refractivity contribution in [2.24, 2.45) is 0 Å². The maximum Gasteiger partial charge on any atom is 0.109 e. The van der Waals surface area contributed by atoms with E-state index in [1.54, 1.807) is 0 Å². The second kappa shape index (κ2) is 6.21. The second-order valence-corrected chi connectivity index (χ2v) is 7.69. The molecule has 0 amide bonds. The van der Waals surface area contributed by atoms with Crippen LogP contribution < -0.4 is 0 Å². The van der Waals surface area contributed by atoms with Gasteiger partial charge in [-0.1, -0.05) is 23.7 Å². The Hall–Kier alpha value is -2.65. The van der Waals surface area contributed by atoms with Crippen molar-refractivity contribution >= 4 is 22.5 Å². The molecule has 1 aliphatic heterocycles. The molecule has 0 fully saturated rings. The highest BCUT2D eigenvalue weighted by molar-refractivity contribution is 6.32. The third-order valence-corrected chi connectivity index (χ3v) is 6.01. The molecule has 4 aromatic rings. The Labute approximate surface area is 163 Å². The van der Waals surface area contributed by atoms with Gasteiger partial charge in [-0.3, -0.25) is 4.98 Å². The summed E-state index contributed by atoms with van der Waals surface area (Å²) in [6, 6.07) is 14.9. The summed E-state index contributed by atoms with van der Waals surface area (Å²) in [7, 11) is 0. The first-order chi connectivity index (χ1) is 13.1. The zero-order valence-electron chi connectivity index (χ0n) is 15.5. The van der Waals surface area contributed by atoms with Crippen molar-refractivity contribution < 1.29 is 0 Å². The van der Waals surface area contributed by atoms with E-state index in [1.165, 1.54) is 17.1 Å². The van der Waals surface area contributed by atoms with Gasteiger partial charge in [0.05, 0.1) is 16.9 Å². The van der Waals surface area contributed by atoms with Gasteiger partial charge < -0.3 is 4.57 Å². The molecule has 0 saturated heterocycles. The fourth-order valence-electron chi connectivity index (χ4n) is 4.13. The van der Waals surface area contributed by atoms with E-state index < -0.39 is 0 Å². The molecule has 2 aromatic carbocycles. The summed E-state index contributed by atoms with van der Waals surface area (Å²) in [5.74, 6) is 1.18. The Morgan fingerprint density at radius 3 is 2.63 bits per heavy atom. The van der Waals surface area contributed by atoms with Gasteiger partial charge in [0, 0.05) is 40.7 Å². The molecule has 134 valence electrons. The Morgan fingerprint density at radius 1 is 1.00 bits per heavy atom. The van der Waals surface area contributed by atoms with Gasteiger partial charge in [0.2, 0.25) is 0 Å². The number of halogens is 1. The van der Waals surface area contributed by atoms with Crippen molar-refractivity contribution in [1.82, 2.24) is 14.5 Å². The largest absolute Gasteiger partial charge is 0.327 e. The third kappa shape index (κ3) is 2.65. The third-order valence-electron chi connectivity index (χ3n) is 5.42. The molecule has 4 heteroatoms. The monoisotopic (exact) mass is 373 g/mol. The highest BCUT2D eigenvalue weighted by atomic mass is 35.5. The topological polar surface area (TPSA) is 30.7 Å². The number of pyridine rings is 1. The molecule has 3 nitrogen and oxygen atoms in total. The Kier molecular flexibility index (Phi) is 3.80. The predicted molar refractivity (Wildman–Crippen MR) is 111 cm³/mol. The van der Waals surface area contributed by atoms with Crippen LogP contribution in [0.4, 0.5) is 0 Å². The first kappa shape index (κ1) is 16.5. The highest BCUT2D eigenvalue weighted by Gasteiger charge is 2.24. The summed E-state index contributed by atoms with van der Waals surface area (Å²) in [4.78, 5) is 9.49. The maximum absolute atomic E-state index is 6.40. The molecule has 27 heavy (non-hydrogen) atoms. The molecule has 0 unspecified atom stereocenters. The van der Waals surface area contributed by atoms with E-state index in [1.807, 2.05) is 12.3 Å². The van der Waals surface area contributed by atoms with Crippen LogP contribution in [-0.2, 0) is 13.0 Å². The van der Waals surface area contributed by atoms with Crippen molar-refractivity contribution in [3.05, 3.63) is 70.6 Å². The van der Waals surface area contributed by atoms with Crippen LogP contribution in [0.25, 0.3) is 33.4 Å². The average molecular weight is 374 g/mol. The summed E-state index contributed by atoms with van der Waals surface area (Å²) in [6.45, 7) is 5.14. The molecule has 0 spiro atoms. The molecule has 3 heterocycles. The molecule has 1 aliphatic rings. The summed E-state index contributed by atoms with van der Waals surface area (Å²) >= 11 is 6.40. The van der Waals surface area contributed by atoms with Gasteiger partial charge in [-0.2, -0.15) is 0 Å². The van der Waals surface area contributed by atoms with E-state index in [2.05, 4.69) is 59.8 Å². The van der Waals surface area contributed by atoms with Gasteiger partial charge in [-0.15, -0.1) is 0 Å². The number of hydrogen-bond acceptors (Lipinski definition) is 2. The summed E-state index contributed by atoms with van der Waals surface area (Å²) in [5, 5.41) is 1.99. The number of benzene rings is 2. The van der Waals surface area contributed by atoms with E-state index in [9.17, 15) is 0 Å². The molecule has 0 bridgehead atoms. The molecule has 0 atom stereocenters. The molecule has 0 saturated carbocycles. The Morgan fingerprint density at radius 2 is 1.81 bits per heavy atom. The Balaban J connectivity index is 1.76. The summed E-state index contributed by atoms with van der Waals surface area (Å²) in [5.41, 5.74) is 7.78. The number of imidazole rings is 1. The van der Waals surface area contributed by atoms with Crippen LogP contribution in [0.3, 0.4) is 0 Å². The van der Waals surface area contributed by atoms with Crippen LogP contribution in [0, 0.1) is 13.8 Å². The lowest BCUT2D eigenvalue weighted by Gasteiger charge is -2.11. The first-order valence-corrected chi connectivity index (χ1v) is 9.71. The fraction of sp³-hybridized carbons (Fsp3) is 0.217. The van der Waals surface area contributed by atoms with Crippen LogP contribution in [-0.4, -0.2) is 14.5 Å². The molecular weight excluding hydrogens is 354 g/mol. The number of rotatable bonds is 2. The smallest absolute Gasteiger partial charge is 0.109 e. The number of aromatic nitrogens is 3. The van der Waals surface area contributed by atoms with Crippen molar-refractivity contribution in [1.29, 1.82) is 0 Å². The van der Waals surface area contributed by atoms with Gasteiger partial charge in [0.15, 0.2) is 0 Å². The highest BCUT2D eigenvalue weighted by Crippen LogP contribution is 2.38. The normalized spacial score (nSPS) is 13.3. The lowest BCUT2D eigenvalue weighted by atomic mass is 10.00. The predicted octanol–water partition coefficient (Wildman–Crippen LogP) is 5.98. The van der Waals surface area contributed by atoms with E-state index in [4.69, 9.17) is 16.6 Å². The molecule has 5 rings (SSSR count). The number of fused-ring (bicyclic) bond motifs is 2. The lowest BCUT2D eigenvalue weighted by molar-refractivity contribution is 0.756. The standard InChI is InChI=1S/C23H20ClN3/c1-14-11-18(12-15(2)21(14)24)22-23(27-10-4-6-20(27)26-22)17-7-8-19-16(13-17)5-3-9-25-19/h3,5,7-9,11-13H,4,6,10H2,1-2H3. The lowest BCUT2D eigenvalue weighted by Crippen LogP contribution is -1.97. The van der Waals surface area contributed by atoms with Gasteiger partial charge in [-0.05, 0) is 61.7 Å². The summed E-state index contributed by atoms with van der Waals surface area (Å²) < 4.78 is 2.38. The van der Waals surface area contributed by atoms with Crippen molar-refractivity contribution in [2.45, 2.75) is 33.2 Å². The van der Waals surface area contributed by atoms with Gasteiger partial charge >= 0.3 is 0 Å². The quantitative estimate of drug-likeness (QED) is 0.432. The van der Waals surface area contributed by atoms with Crippen molar-refractivity contribution in [3.8, 4) is 22.5 Å². The van der Waals surface area contributed by atoms with Crippen LogP contribution in [0.2, 0.25) is 5.02 Å². The van der Waals surface area contributed by atoms with Gasteiger partial charge in [0.1, 0.15) is 5.82 Å². The SMILES string of the molecule is Cc1cc(-c2nc3n(c2-c2ccc4ncccc4c2)CCC3)cc(C)c1Cl. The van der Waals surface area contributed by atoms with E-state index in [0.717, 1.165) is 57.7 Å². The zero-order chi connectivity index (χ0) is 18.5. The van der Waals surface area contributed by atoms with Crippen molar-refractivity contribution in [2.75, 3.05) is 0 Å². The van der Waals surface area contributed by atoms with Crippen molar-refractivity contribution in [3.63, 3.8) is 0 Å². The van der Waals surface area contributed by atoms with E-state index >= 15 is 0 Å². The fourth-order valence-corrected chi connectivity index (χ4v) is 4.23. The van der Waals surface area contributed by atoms with E-state index in [-0.39, 0.29) is 0 Å². The maximum atomic E-state index is 6.40. The van der Waals surface area contributed by atoms with Gasteiger partial charge in [-0.25, -0.2) is 4.98 Å². The molecule has 0 aliphatic carbocycles. The minimum atomic E-state index is 0.837. The molecule has 2 aromatic heterocycles. The molecular formula is C23H20ClN3. The van der Waals surface area contributed by atoms with E-state index in [0.29, 0.717) is 0 Å². The summed E-state index contributed by atoms with van der Waals surface area (Å²) in [6.07, 6.45) is 4.03. The van der Waals surface area contributed by atoms with Crippen LogP contribution in [0.1, 0.15) is 23.4 Å². The zero-order valence-corrected chi connectivity index (χ0v) is 16.2. The minimum Gasteiger partial charge on any atom is -0.327 e. The van der Waals surface area contributed by atoms with Crippen LogP contribution in [0.15, 0.2) is 48.7 Å². The number of nitrogens with zero attached hydrogens (tertiary/aromatic N) is 3. The molecule has 0 radical (unpaired) electrons. The van der Waals surface area contributed by atoms with Crippen LogP contribution in [0.5, 0.6) is 0 Å². The van der Waals surface area contributed by atoms with Crippen LogP contribution >= 0.6 is 11.6 Å². The Bertz CT molecular complexity index is 1170. The minimum absolute atomic E-state index is 0.837.